The molecule has 0 aliphatic carbocycles. The summed E-state index contributed by atoms with van der Waals surface area (Å²) in [6.45, 7) is 9.75. The molecule has 9 N–H and O–H groups in total. The minimum absolute atomic E-state index is 0.0522. The summed E-state index contributed by atoms with van der Waals surface area (Å²) in [7, 11) is -14.1. The zero-order valence-electron chi connectivity index (χ0n) is 51.8. The first-order valence-corrected chi connectivity index (χ1v) is 37.8. The summed E-state index contributed by atoms with van der Waals surface area (Å²) < 4.78 is 93.4. The van der Waals surface area contributed by atoms with Gasteiger partial charge in [0, 0.05) is 95.3 Å². The second-order valence-electron chi connectivity index (χ2n) is 23.8. The zero-order chi connectivity index (χ0) is 66.4. The lowest BCUT2D eigenvalue weighted by Crippen LogP contribution is -2.45. The predicted molar refractivity (Wildman–Crippen MR) is 344 cm³/mol. The van der Waals surface area contributed by atoms with E-state index in [4.69, 9.17) is 53.2 Å². The Labute approximate surface area is 548 Å². The van der Waals surface area contributed by atoms with Crippen molar-refractivity contribution in [1.29, 1.82) is 0 Å². The Balaban J connectivity index is 0.561. The third-order valence-electron chi connectivity index (χ3n) is 16.6. The second kappa shape index (κ2) is 30.5. The third kappa shape index (κ3) is 17.1. The van der Waals surface area contributed by atoms with Gasteiger partial charge in [-0.3, -0.25) is 18.7 Å². The molecule has 1 saturated heterocycles. The van der Waals surface area contributed by atoms with Crippen LogP contribution in [0.5, 0.6) is 11.5 Å². The molecular formula is C59H77N9O21P3S2+. The van der Waals surface area contributed by atoms with Crippen LogP contribution in [-0.4, -0.2) is 184 Å². The molecule has 2 aromatic heterocycles. The summed E-state index contributed by atoms with van der Waals surface area (Å²) in [5.41, 5.74) is 15.4. The molecule has 3 unspecified atom stereocenters. The van der Waals surface area contributed by atoms with E-state index in [1.54, 1.807) is 12.1 Å². The van der Waals surface area contributed by atoms with Crippen molar-refractivity contribution in [2.75, 3.05) is 115 Å². The number of phosphoric acid groups is 3. The number of amides is 2. The molecule has 8 heterocycles. The smallest absolute Gasteiger partial charge is 0.478 e. The summed E-state index contributed by atoms with van der Waals surface area (Å²) in [6.07, 6.45) is 7.96. The van der Waals surface area contributed by atoms with Crippen LogP contribution in [0.2, 0.25) is 0 Å². The maximum atomic E-state index is 13.6. The molecule has 35 heteroatoms. The standard InChI is InChI=1S/C59H76N9O21P3S2/c1-59(2,94-93-35-84-45-30-48(68-34-65-50-55(60)63-33-64-56(50)68)86-46(45)31-85-91(76,77)89-92(78,79)88-90(73,74)75)32-62-47(69)13-19-80-21-23-82-25-26-83-24-22-81-20-14-61-57(70)38-11-12-39(42(29-38)58(71)72)49-43-27-36-7-3-15-66-17-5-9-40(51(36)66)53(43)87-54-41-10-6-18-67-16-4-8-37(52(41)67)28-44(49)54/h11-12,27-29,33-34,45-46,48H,3-10,13-26,30-32,35H2,1-2H3,(H8-,60,61,62,63,64,69,70,71,72,73,74,75,76,77,78,79)/p+1/t45?,46-,48-/m1/s1. The van der Waals surface area contributed by atoms with Crippen LogP contribution in [-0.2, 0) is 85.7 Å². The Morgan fingerprint density at radius 3 is 2.24 bits per heavy atom. The minimum atomic E-state index is -5.76. The number of anilines is 2. The highest BCUT2D eigenvalue weighted by atomic mass is 33.1. The molecule has 0 radical (unpaired) electrons. The molecule has 94 heavy (non-hydrogen) atoms. The van der Waals surface area contributed by atoms with Gasteiger partial charge < -0.3 is 79.1 Å². The molecular weight excluding hydrogens is 1330 g/mol. The lowest BCUT2D eigenvalue weighted by atomic mass is 9.81. The normalized spacial score (nSPS) is 19.6. The first-order valence-electron chi connectivity index (χ1n) is 31.0. The molecule has 30 nitrogen and oxygen atoms in total. The number of nitrogens with one attached hydrogen (secondary N) is 2. The molecule has 6 aliphatic heterocycles. The molecule has 2 amide bonds. The molecule has 11 rings (SSSR count). The number of nitrogens with zero attached hydrogens (tertiary/aromatic N) is 6. The van der Waals surface area contributed by atoms with Crippen molar-refractivity contribution in [3.05, 3.63) is 98.1 Å². The van der Waals surface area contributed by atoms with Crippen molar-refractivity contribution in [1.82, 2.24) is 34.7 Å². The summed E-state index contributed by atoms with van der Waals surface area (Å²) in [5.74, 6) is 0.0884. The lowest BCUT2D eigenvalue weighted by Gasteiger charge is -2.39. The van der Waals surface area contributed by atoms with E-state index in [0.29, 0.717) is 43.1 Å². The van der Waals surface area contributed by atoms with E-state index in [-0.39, 0.29) is 81.2 Å². The fourth-order valence-corrected chi connectivity index (χ4v) is 17.8. The maximum Gasteiger partial charge on any atom is 0.490 e. The molecule has 3 aromatic carbocycles. The van der Waals surface area contributed by atoms with Gasteiger partial charge in [-0.05, 0) is 87.8 Å². The van der Waals surface area contributed by atoms with Crippen LogP contribution < -0.4 is 41.2 Å². The van der Waals surface area contributed by atoms with Crippen molar-refractivity contribution < 1.29 is 99.1 Å². The quantitative estimate of drug-likeness (QED) is 0.00911. The summed E-state index contributed by atoms with van der Waals surface area (Å²) >= 11 is 0. The molecule has 6 aliphatic rings. The van der Waals surface area contributed by atoms with Crippen LogP contribution >= 0.6 is 45.1 Å². The number of carbonyl (C=O) groups is 3. The molecule has 510 valence electrons. The molecule has 0 saturated carbocycles. The van der Waals surface area contributed by atoms with Crippen LogP contribution in [0.25, 0.3) is 16.7 Å². The van der Waals surface area contributed by atoms with Gasteiger partial charge in [0.15, 0.2) is 11.5 Å². The topological polar surface area (TPSA) is 396 Å². The summed E-state index contributed by atoms with van der Waals surface area (Å²) in [5, 5.41) is 18.8. The predicted octanol–water partition coefficient (Wildman–Crippen LogP) is 4.68. The number of aryl methyl sites for hydroxylation is 2. The largest absolute Gasteiger partial charge is 0.490 e. The number of hydrogen-bond acceptors (Lipinski definition) is 23. The van der Waals surface area contributed by atoms with Crippen LogP contribution in [0.1, 0.15) is 113 Å². The fraction of sp³-hybridized carbons (Fsp3) is 0.542. The third-order valence-corrected chi connectivity index (χ3v) is 23.4. The van der Waals surface area contributed by atoms with Gasteiger partial charge in [0.05, 0.1) is 83.0 Å². The number of carbonyl (C=O) groups excluding carboxylic acids is 2. The van der Waals surface area contributed by atoms with Crippen LogP contribution in [0.4, 0.5) is 11.5 Å². The minimum Gasteiger partial charge on any atom is -0.478 e. The number of fused-ring (bicyclic) bond motifs is 5. The molecule has 0 bridgehead atoms. The number of carboxylic acid groups (broad SMARTS) is 1. The Kier molecular flexibility index (Phi) is 22.7. The van der Waals surface area contributed by atoms with Crippen molar-refractivity contribution in [2.45, 2.75) is 101 Å². The van der Waals surface area contributed by atoms with E-state index >= 15 is 0 Å². The van der Waals surface area contributed by atoms with Crippen molar-refractivity contribution in [3.8, 4) is 11.5 Å². The highest BCUT2D eigenvalue weighted by Crippen LogP contribution is 2.66. The number of imidazole rings is 1. The molecule has 1 fully saturated rings. The number of ether oxygens (including phenoxy) is 7. The van der Waals surface area contributed by atoms with E-state index in [2.05, 4.69) is 55.8 Å². The first-order chi connectivity index (χ1) is 45.0. The monoisotopic (exact) mass is 1400 g/mol. The van der Waals surface area contributed by atoms with E-state index in [0.717, 1.165) is 105 Å². The molecule has 5 atom stereocenters. The Morgan fingerprint density at radius 1 is 0.798 bits per heavy atom. The number of aromatic nitrogens is 4. The van der Waals surface area contributed by atoms with Gasteiger partial charge in [-0.15, -0.1) is 0 Å². The van der Waals surface area contributed by atoms with Gasteiger partial charge in [0.1, 0.15) is 54.7 Å². The van der Waals surface area contributed by atoms with Crippen molar-refractivity contribution in [3.63, 3.8) is 0 Å². The van der Waals surface area contributed by atoms with Gasteiger partial charge >= 0.3 is 29.4 Å². The number of nitrogens with two attached hydrogens (primary N) is 1. The average molecular weight is 1410 g/mol. The SMILES string of the molecule is CC(C)(CNC(=O)CCOCCOCCOCCOCCNC(=O)c1ccc(C2=c3cc4c5c(c3Oc3c2cc2c6c3CCCN6CCC2)CCC[N+]=5CCC4)c(C(=O)O)c1)SSCOC1C[C@H](n2cnc3c(N)ncnc32)O[C@@H]1COP(=O)(O)OP(=O)(O)OP(=O)(O)O. The highest BCUT2D eigenvalue weighted by Gasteiger charge is 2.45. The summed E-state index contributed by atoms with van der Waals surface area (Å²) in [6, 6.07) is 9.48. The van der Waals surface area contributed by atoms with Gasteiger partial charge in [0.2, 0.25) is 11.3 Å². The number of nitrogen functional groups attached to an aromatic ring is 1. The van der Waals surface area contributed by atoms with Gasteiger partial charge in [-0.1, -0.05) is 27.7 Å². The fourth-order valence-electron chi connectivity index (χ4n) is 12.6. The number of aromatic carboxylic acids is 1. The van der Waals surface area contributed by atoms with E-state index in [1.165, 1.54) is 78.2 Å². The van der Waals surface area contributed by atoms with E-state index < -0.39 is 65.1 Å². The number of carboxylic acids is 1. The van der Waals surface area contributed by atoms with Gasteiger partial charge in [-0.25, -0.2) is 38.0 Å². The number of rotatable bonds is 33. The number of phosphoric ester groups is 1. The van der Waals surface area contributed by atoms with Gasteiger partial charge in [-0.2, -0.15) is 8.62 Å². The Bertz CT molecular complexity index is 3950. The first kappa shape index (κ1) is 69.9. The van der Waals surface area contributed by atoms with E-state index in [9.17, 15) is 43.0 Å². The van der Waals surface area contributed by atoms with Gasteiger partial charge in [0.25, 0.3) is 5.91 Å². The zero-order valence-corrected chi connectivity index (χ0v) is 56.2. The van der Waals surface area contributed by atoms with Crippen molar-refractivity contribution >= 4 is 91.1 Å². The highest BCUT2D eigenvalue weighted by molar-refractivity contribution is 8.77. The molecule has 5 aromatic rings. The second-order valence-corrected chi connectivity index (χ2v) is 31.1. The van der Waals surface area contributed by atoms with Crippen LogP contribution in [0.15, 0.2) is 43.0 Å². The van der Waals surface area contributed by atoms with Crippen LogP contribution in [0.3, 0.4) is 0 Å². The molecule has 0 spiro atoms. The number of hydrogen-bond donors (Lipinski definition) is 8. The lowest BCUT2D eigenvalue weighted by molar-refractivity contribution is -0.122. The summed E-state index contributed by atoms with van der Waals surface area (Å²) in [4.78, 5) is 91.8. The Hall–Kier alpha value is -5.44. The Morgan fingerprint density at radius 2 is 1.50 bits per heavy atom. The maximum absolute atomic E-state index is 13.6. The van der Waals surface area contributed by atoms with Crippen molar-refractivity contribution in [2.24, 2.45) is 0 Å². The number of benzene rings is 3. The van der Waals surface area contributed by atoms with Crippen LogP contribution in [0, 0.1) is 0 Å². The average Bonchev–Trinajstić information content (AvgIpc) is 0.763. The van der Waals surface area contributed by atoms with E-state index in [1.807, 2.05) is 13.8 Å².